The van der Waals surface area contributed by atoms with E-state index in [-0.39, 0.29) is 19.2 Å². The van der Waals surface area contributed by atoms with Crippen molar-refractivity contribution in [1.82, 2.24) is 0 Å². The molecule has 6 nitrogen and oxygen atoms in total. The number of esters is 3. The van der Waals surface area contributed by atoms with Crippen LogP contribution in [0.4, 0.5) is 0 Å². The third kappa shape index (κ3) is 48.8. The summed E-state index contributed by atoms with van der Waals surface area (Å²) in [5.41, 5.74) is 0. The molecular weight excluding hydrogens is 757 g/mol. The predicted molar refractivity (Wildman–Crippen MR) is 261 cm³/mol. The van der Waals surface area contributed by atoms with Crippen LogP contribution in [0.5, 0.6) is 0 Å². The van der Waals surface area contributed by atoms with Gasteiger partial charge >= 0.3 is 17.9 Å². The van der Waals surface area contributed by atoms with Crippen LogP contribution in [-0.4, -0.2) is 37.2 Å². The molecule has 0 N–H and O–H groups in total. The molecule has 0 aromatic carbocycles. The summed E-state index contributed by atoms with van der Waals surface area (Å²) in [7, 11) is 0. The Morgan fingerprint density at radius 1 is 0.344 bits per heavy atom. The summed E-state index contributed by atoms with van der Waals surface area (Å²) in [4.78, 5) is 37.8. The van der Waals surface area contributed by atoms with Gasteiger partial charge < -0.3 is 14.2 Å². The van der Waals surface area contributed by atoms with Gasteiger partial charge in [-0.05, 0) is 32.1 Å². The predicted octanol–water partition coefficient (Wildman–Crippen LogP) is 17.5. The fourth-order valence-corrected chi connectivity index (χ4v) is 8.01. The zero-order chi connectivity index (χ0) is 44.4. The monoisotopic (exact) mass is 859 g/mol. The smallest absolute Gasteiger partial charge is 0.330 e. The van der Waals surface area contributed by atoms with Gasteiger partial charge in [0.2, 0.25) is 0 Å². The molecule has 0 saturated heterocycles. The van der Waals surface area contributed by atoms with Crippen LogP contribution in [0.25, 0.3) is 0 Å². The van der Waals surface area contributed by atoms with Crippen LogP contribution >= 0.6 is 0 Å². The van der Waals surface area contributed by atoms with E-state index in [1.165, 1.54) is 224 Å². The summed E-state index contributed by atoms with van der Waals surface area (Å²) in [5.74, 6) is -1.26. The molecular formula is C55H102O6. The van der Waals surface area contributed by atoms with Gasteiger partial charge in [-0.3, -0.25) is 4.79 Å². The lowest BCUT2D eigenvalue weighted by Crippen LogP contribution is -2.30. The van der Waals surface area contributed by atoms with E-state index < -0.39 is 18.0 Å². The van der Waals surface area contributed by atoms with Crippen LogP contribution in [0.15, 0.2) is 24.3 Å². The Morgan fingerprint density at radius 3 is 0.967 bits per heavy atom. The molecule has 0 radical (unpaired) electrons. The number of hydrogen-bond donors (Lipinski definition) is 0. The van der Waals surface area contributed by atoms with Crippen molar-refractivity contribution in [1.29, 1.82) is 0 Å². The molecule has 6 heteroatoms. The maximum Gasteiger partial charge on any atom is 0.330 e. The maximum atomic E-state index is 12.7. The number of carbonyl (C=O) groups excluding carboxylic acids is 3. The molecule has 1 unspecified atom stereocenters. The van der Waals surface area contributed by atoms with E-state index in [1.54, 1.807) is 0 Å². The number of ether oxygens (including phenoxy) is 3. The lowest BCUT2D eigenvalue weighted by atomic mass is 10.0. The molecule has 0 aromatic heterocycles. The minimum Gasteiger partial charge on any atom is -0.462 e. The van der Waals surface area contributed by atoms with E-state index in [1.807, 2.05) is 12.2 Å². The molecule has 0 amide bonds. The summed E-state index contributed by atoms with van der Waals surface area (Å²) >= 11 is 0. The van der Waals surface area contributed by atoms with Crippen LogP contribution < -0.4 is 0 Å². The van der Waals surface area contributed by atoms with Crippen molar-refractivity contribution in [3.63, 3.8) is 0 Å². The summed E-state index contributed by atoms with van der Waals surface area (Å²) in [5, 5.41) is 0. The lowest BCUT2D eigenvalue weighted by molar-refractivity contribution is -0.162. The number of hydrogen-bond acceptors (Lipinski definition) is 6. The third-order valence-electron chi connectivity index (χ3n) is 12.1. The van der Waals surface area contributed by atoms with Gasteiger partial charge in [-0.25, -0.2) is 9.59 Å². The van der Waals surface area contributed by atoms with Crippen LogP contribution in [0, 0.1) is 0 Å². The Bertz CT molecular complexity index is 989. The number of unbranched alkanes of at least 4 members (excludes halogenated alkanes) is 38. The molecule has 0 saturated carbocycles. The largest absolute Gasteiger partial charge is 0.462 e. The van der Waals surface area contributed by atoms with Gasteiger partial charge in [-0.1, -0.05) is 264 Å². The Balaban J connectivity index is 4.42. The summed E-state index contributed by atoms with van der Waals surface area (Å²) < 4.78 is 16.6. The first-order valence-electron chi connectivity index (χ1n) is 26.9. The summed E-state index contributed by atoms with van der Waals surface area (Å²) in [6.07, 6.45) is 58.2. The molecule has 0 fully saturated rings. The second-order valence-electron chi connectivity index (χ2n) is 18.2. The van der Waals surface area contributed by atoms with Gasteiger partial charge in [-0.15, -0.1) is 0 Å². The standard InChI is InChI=1S/C55H102O6/c1-4-7-10-13-16-19-22-25-27-30-33-36-39-42-45-48-54(57)60-51-52(50-59-53(56)47-44-41-38-35-32-29-24-21-18-15-12-9-6-3)61-55(58)49-46-43-40-37-34-31-28-26-23-20-17-14-11-8-5-2/h45-46,48-49,52H,4-44,47,50-51H2,1-3H3. The third-order valence-corrected chi connectivity index (χ3v) is 12.1. The molecule has 0 aliphatic carbocycles. The Kier molecular flexibility index (Phi) is 48.8. The van der Waals surface area contributed by atoms with E-state index in [4.69, 9.17) is 14.2 Å². The van der Waals surface area contributed by atoms with Crippen molar-refractivity contribution in [2.75, 3.05) is 13.2 Å². The fourth-order valence-electron chi connectivity index (χ4n) is 8.01. The zero-order valence-electron chi connectivity index (χ0n) is 40.9. The van der Waals surface area contributed by atoms with Gasteiger partial charge in [0.25, 0.3) is 0 Å². The molecule has 0 heterocycles. The molecule has 0 aromatic rings. The SMILES string of the molecule is CCCCCCCCCCCCCCCC=CC(=O)OCC(COC(=O)CCCCCCCCCCCCCCC)OC(=O)C=CCCCCCCCCCCCCCCC. The number of rotatable bonds is 49. The molecule has 1 atom stereocenters. The Hall–Kier alpha value is -2.11. The van der Waals surface area contributed by atoms with Gasteiger partial charge in [0.05, 0.1) is 0 Å². The minimum absolute atomic E-state index is 0.119. The maximum absolute atomic E-state index is 12.7. The van der Waals surface area contributed by atoms with E-state index in [0.717, 1.165) is 51.4 Å². The van der Waals surface area contributed by atoms with Crippen LogP contribution in [0.2, 0.25) is 0 Å². The van der Waals surface area contributed by atoms with Gasteiger partial charge in [0, 0.05) is 18.6 Å². The van der Waals surface area contributed by atoms with Crippen LogP contribution in [-0.2, 0) is 28.6 Å². The van der Waals surface area contributed by atoms with E-state index in [9.17, 15) is 14.4 Å². The molecule has 0 bridgehead atoms. The van der Waals surface area contributed by atoms with Crippen LogP contribution in [0.1, 0.15) is 290 Å². The topological polar surface area (TPSA) is 78.9 Å². The first kappa shape index (κ1) is 58.9. The van der Waals surface area contributed by atoms with Crippen molar-refractivity contribution in [3.05, 3.63) is 24.3 Å². The Labute approximate surface area is 379 Å². The first-order chi connectivity index (χ1) is 30.0. The molecule has 0 aliphatic rings. The highest BCUT2D eigenvalue weighted by atomic mass is 16.6. The van der Waals surface area contributed by atoms with E-state index in [2.05, 4.69) is 20.8 Å². The van der Waals surface area contributed by atoms with Gasteiger partial charge in [-0.2, -0.15) is 0 Å². The van der Waals surface area contributed by atoms with Crippen molar-refractivity contribution >= 4 is 17.9 Å². The van der Waals surface area contributed by atoms with Gasteiger partial charge in [0.1, 0.15) is 13.2 Å². The molecule has 0 spiro atoms. The van der Waals surface area contributed by atoms with Crippen molar-refractivity contribution in [2.24, 2.45) is 0 Å². The van der Waals surface area contributed by atoms with Crippen LogP contribution in [0.3, 0.4) is 0 Å². The lowest BCUT2D eigenvalue weighted by Gasteiger charge is -2.17. The Morgan fingerprint density at radius 2 is 0.623 bits per heavy atom. The summed E-state index contributed by atoms with van der Waals surface area (Å²) in [6.45, 7) is 6.54. The van der Waals surface area contributed by atoms with Crippen molar-refractivity contribution in [2.45, 2.75) is 297 Å². The zero-order valence-corrected chi connectivity index (χ0v) is 40.9. The normalized spacial score (nSPS) is 12.1. The number of allylic oxidation sites excluding steroid dienone is 2. The molecule has 0 aliphatic heterocycles. The highest BCUT2D eigenvalue weighted by Gasteiger charge is 2.18. The summed E-state index contributed by atoms with van der Waals surface area (Å²) in [6, 6.07) is 0. The highest BCUT2D eigenvalue weighted by molar-refractivity contribution is 5.82. The first-order valence-corrected chi connectivity index (χ1v) is 26.9. The highest BCUT2D eigenvalue weighted by Crippen LogP contribution is 2.16. The van der Waals surface area contributed by atoms with Gasteiger partial charge in [0.15, 0.2) is 6.10 Å². The van der Waals surface area contributed by atoms with Crippen molar-refractivity contribution in [3.8, 4) is 0 Å². The van der Waals surface area contributed by atoms with E-state index >= 15 is 0 Å². The molecule has 358 valence electrons. The average Bonchev–Trinajstić information content (AvgIpc) is 3.26. The fraction of sp³-hybridized carbons (Fsp3) is 0.873. The molecule has 0 rings (SSSR count). The quantitative estimate of drug-likeness (QED) is 0.0262. The number of carbonyl (C=O) groups is 3. The molecule has 61 heavy (non-hydrogen) atoms. The van der Waals surface area contributed by atoms with E-state index in [0.29, 0.717) is 6.42 Å². The second-order valence-corrected chi connectivity index (χ2v) is 18.2. The van der Waals surface area contributed by atoms with Crippen molar-refractivity contribution < 1.29 is 28.6 Å². The second kappa shape index (κ2) is 50.5. The minimum atomic E-state index is -0.845. The average molecular weight is 859 g/mol.